The molecule has 2 rings (SSSR count). The number of hydrogen-bond acceptors (Lipinski definition) is 6. The maximum Gasteiger partial charge on any atom is 0.311 e. The molecule has 0 atom stereocenters. The van der Waals surface area contributed by atoms with Crippen LogP contribution in [0.3, 0.4) is 0 Å². The molecule has 1 saturated heterocycles. The summed E-state index contributed by atoms with van der Waals surface area (Å²) in [5.41, 5.74) is -0.893. The number of benzene rings is 1. The van der Waals surface area contributed by atoms with Gasteiger partial charge in [0.15, 0.2) is 0 Å². The lowest BCUT2D eigenvalue weighted by Crippen LogP contribution is -2.46. The number of ether oxygens (including phenoxy) is 1. The molecule has 10 nitrogen and oxygen atoms in total. The molecule has 0 aliphatic carbocycles. The minimum absolute atomic E-state index is 0.00901. The number of carboxylic acid groups (broad SMARTS) is 1. The first kappa shape index (κ1) is 20.3. The summed E-state index contributed by atoms with van der Waals surface area (Å²) in [4.78, 5) is 45.4. The van der Waals surface area contributed by atoms with Crippen molar-refractivity contribution in [2.75, 3.05) is 26.3 Å². The molecule has 1 aromatic carbocycles. The van der Waals surface area contributed by atoms with E-state index in [0.717, 1.165) is 0 Å². The molecule has 0 bridgehead atoms. The Bertz CT molecular complexity index is 712. The quantitative estimate of drug-likeness (QED) is 0.445. The third kappa shape index (κ3) is 5.48. The number of non-ortho nitro benzene ring substituents is 1. The number of hydrogen-bond donors (Lipinski definition) is 3. The molecule has 0 unspecified atom stereocenters. The predicted molar refractivity (Wildman–Crippen MR) is 93.2 cm³/mol. The molecule has 1 aliphatic heterocycles. The van der Waals surface area contributed by atoms with Crippen molar-refractivity contribution in [3.8, 4) is 0 Å². The fourth-order valence-corrected chi connectivity index (χ4v) is 2.71. The van der Waals surface area contributed by atoms with Crippen molar-refractivity contribution in [3.63, 3.8) is 0 Å². The van der Waals surface area contributed by atoms with E-state index in [2.05, 4.69) is 10.6 Å². The number of nitro benzene ring substituents is 1. The first-order valence-electron chi connectivity index (χ1n) is 8.44. The van der Waals surface area contributed by atoms with Gasteiger partial charge in [-0.15, -0.1) is 0 Å². The highest BCUT2D eigenvalue weighted by molar-refractivity contribution is 5.94. The van der Waals surface area contributed by atoms with E-state index in [-0.39, 0.29) is 36.7 Å². The molecule has 27 heavy (non-hydrogen) atoms. The zero-order chi connectivity index (χ0) is 19.9. The number of nitrogens with zero attached hydrogens (tertiary/aromatic N) is 1. The summed E-state index contributed by atoms with van der Waals surface area (Å²) >= 11 is 0. The van der Waals surface area contributed by atoms with Gasteiger partial charge in [-0.1, -0.05) is 0 Å². The Morgan fingerprint density at radius 3 is 2.33 bits per heavy atom. The molecule has 0 aromatic heterocycles. The SMILES string of the molecule is O=C(CCNC(=O)c1ccc([N+](=O)[O-])cc1)NCC1(C(=O)O)CCOCC1. The number of aliphatic carboxylic acids is 1. The van der Waals surface area contributed by atoms with Crippen LogP contribution in [0.15, 0.2) is 24.3 Å². The van der Waals surface area contributed by atoms with Crippen molar-refractivity contribution in [3.05, 3.63) is 39.9 Å². The fourth-order valence-electron chi connectivity index (χ4n) is 2.71. The van der Waals surface area contributed by atoms with Gasteiger partial charge in [-0.2, -0.15) is 0 Å². The third-order valence-corrected chi connectivity index (χ3v) is 4.51. The summed E-state index contributed by atoms with van der Waals surface area (Å²) < 4.78 is 5.17. The van der Waals surface area contributed by atoms with Gasteiger partial charge in [-0.3, -0.25) is 24.5 Å². The van der Waals surface area contributed by atoms with Gasteiger partial charge in [0.05, 0.1) is 10.3 Å². The zero-order valence-electron chi connectivity index (χ0n) is 14.6. The molecule has 1 aliphatic rings. The van der Waals surface area contributed by atoms with Crippen LogP contribution in [0.4, 0.5) is 5.69 Å². The molecule has 0 spiro atoms. The van der Waals surface area contributed by atoms with Crippen LogP contribution in [0.5, 0.6) is 0 Å². The number of carbonyl (C=O) groups is 3. The third-order valence-electron chi connectivity index (χ3n) is 4.51. The van der Waals surface area contributed by atoms with Gasteiger partial charge < -0.3 is 20.5 Å². The average molecular weight is 379 g/mol. The van der Waals surface area contributed by atoms with Gasteiger partial charge >= 0.3 is 5.97 Å². The molecular formula is C17H21N3O7. The van der Waals surface area contributed by atoms with E-state index in [4.69, 9.17) is 4.74 Å². The van der Waals surface area contributed by atoms with E-state index in [1.54, 1.807) is 0 Å². The number of nitro groups is 1. The number of carboxylic acids is 1. The Morgan fingerprint density at radius 1 is 1.15 bits per heavy atom. The smallest absolute Gasteiger partial charge is 0.311 e. The monoisotopic (exact) mass is 379 g/mol. The van der Waals surface area contributed by atoms with Crippen LogP contribution < -0.4 is 10.6 Å². The highest BCUT2D eigenvalue weighted by Crippen LogP contribution is 2.30. The van der Waals surface area contributed by atoms with Crippen molar-refractivity contribution < 1.29 is 29.2 Å². The van der Waals surface area contributed by atoms with Gasteiger partial charge in [-0.25, -0.2) is 0 Å². The Kier molecular flexibility index (Phi) is 6.83. The van der Waals surface area contributed by atoms with E-state index in [9.17, 15) is 29.6 Å². The van der Waals surface area contributed by atoms with Gasteiger partial charge in [0.1, 0.15) is 0 Å². The topological polar surface area (TPSA) is 148 Å². The minimum atomic E-state index is -1.02. The van der Waals surface area contributed by atoms with Crippen LogP contribution >= 0.6 is 0 Å². The predicted octanol–water partition coefficient (Wildman–Crippen LogP) is 0.712. The molecule has 3 N–H and O–H groups in total. The van der Waals surface area contributed by atoms with Crippen LogP contribution in [0.25, 0.3) is 0 Å². The standard InChI is InChI=1S/C17H21N3O7/c21-14(19-11-17(16(23)24)6-9-27-10-7-17)5-8-18-15(22)12-1-3-13(4-2-12)20(25)26/h1-4H,5-11H2,(H,18,22)(H,19,21)(H,23,24). The fraction of sp³-hybridized carbons (Fsp3) is 0.471. The Morgan fingerprint density at radius 2 is 1.78 bits per heavy atom. The Labute approximate surface area is 155 Å². The summed E-state index contributed by atoms with van der Waals surface area (Å²) in [6, 6.07) is 5.10. The highest BCUT2D eigenvalue weighted by atomic mass is 16.6. The largest absolute Gasteiger partial charge is 0.481 e. The van der Waals surface area contributed by atoms with Crippen molar-refractivity contribution in [2.45, 2.75) is 19.3 Å². The summed E-state index contributed by atoms with van der Waals surface area (Å²) in [6.45, 7) is 0.757. The number of nitrogens with one attached hydrogen (secondary N) is 2. The first-order chi connectivity index (χ1) is 12.8. The number of rotatable bonds is 8. The molecular weight excluding hydrogens is 358 g/mol. The van der Waals surface area contributed by atoms with Crippen LogP contribution in [-0.4, -0.2) is 54.1 Å². The maximum atomic E-state index is 11.9. The lowest BCUT2D eigenvalue weighted by molar-refractivity contribution is -0.384. The highest BCUT2D eigenvalue weighted by Gasteiger charge is 2.40. The second-order valence-electron chi connectivity index (χ2n) is 6.28. The van der Waals surface area contributed by atoms with E-state index in [1.807, 2.05) is 0 Å². The van der Waals surface area contributed by atoms with E-state index in [1.165, 1.54) is 24.3 Å². The van der Waals surface area contributed by atoms with Gasteiger partial charge in [0.2, 0.25) is 5.91 Å². The number of amides is 2. The van der Waals surface area contributed by atoms with Gasteiger partial charge in [0, 0.05) is 50.4 Å². The van der Waals surface area contributed by atoms with E-state index < -0.39 is 22.2 Å². The van der Waals surface area contributed by atoms with Crippen LogP contribution in [0.1, 0.15) is 29.6 Å². The lowest BCUT2D eigenvalue weighted by Gasteiger charge is -2.33. The molecule has 1 heterocycles. The Hall–Kier alpha value is -3.01. The normalized spacial score (nSPS) is 15.6. The molecule has 0 saturated carbocycles. The summed E-state index contributed by atoms with van der Waals surface area (Å²) in [6.07, 6.45) is 0.657. The first-order valence-corrected chi connectivity index (χ1v) is 8.44. The zero-order valence-corrected chi connectivity index (χ0v) is 14.6. The van der Waals surface area contributed by atoms with E-state index >= 15 is 0 Å². The van der Waals surface area contributed by atoms with Crippen molar-refractivity contribution in [2.24, 2.45) is 5.41 Å². The molecule has 0 radical (unpaired) electrons. The molecule has 146 valence electrons. The van der Waals surface area contributed by atoms with Crippen LogP contribution in [-0.2, 0) is 14.3 Å². The summed E-state index contributed by atoms with van der Waals surface area (Å²) in [7, 11) is 0. The lowest BCUT2D eigenvalue weighted by atomic mass is 9.80. The van der Waals surface area contributed by atoms with Crippen LogP contribution in [0.2, 0.25) is 0 Å². The second kappa shape index (κ2) is 9.08. The Balaban J connectivity index is 1.76. The average Bonchev–Trinajstić information content (AvgIpc) is 2.67. The van der Waals surface area contributed by atoms with Gasteiger partial charge in [-0.05, 0) is 25.0 Å². The molecule has 10 heteroatoms. The minimum Gasteiger partial charge on any atom is -0.481 e. The maximum absolute atomic E-state index is 11.9. The molecule has 1 fully saturated rings. The molecule has 2 amide bonds. The second-order valence-corrected chi connectivity index (χ2v) is 6.28. The molecule has 1 aromatic rings. The number of carbonyl (C=O) groups excluding carboxylic acids is 2. The van der Waals surface area contributed by atoms with Crippen LogP contribution in [0, 0.1) is 15.5 Å². The van der Waals surface area contributed by atoms with E-state index in [0.29, 0.717) is 26.1 Å². The van der Waals surface area contributed by atoms with Crippen molar-refractivity contribution in [1.82, 2.24) is 10.6 Å². The summed E-state index contributed by atoms with van der Waals surface area (Å²) in [5, 5.41) is 25.2. The van der Waals surface area contributed by atoms with Crippen molar-refractivity contribution >= 4 is 23.5 Å². The summed E-state index contributed by atoms with van der Waals surface area (Å²) in [5.74, 6) is -1.78. The van der Waals surface area contributed by atoms with Crippen molar-refractivity contribution in [1.29, 1.82) is 0 Å². The van der Waals surface area contributed by atoms with Gasteiger partial charge in [0.25, 0.3) is 11.6 Å².